The quantitative estimate of drug-likeness (QED) is 0.501. The standard InChI is InChI=1S/C25H40N2/c1-6-8-10-12-18-25(5,19-13-11-9-7-2)23-16-14-15-22(4)24(26)27-20-17-21(23)3/h14-17,20H,3-4,6-13,18-19H2,1-2,5H3,(H2,26,27). The number of nitrogen functional groups attached to an aromatic ring is 1. The van der Waals surface area contributed by atoms with E-state index in [9.17, 15) is 0 Å². The summed E-state index contributed by atoms with van der Waals surface area (Å²) < 4.78 is 0. The smallest absolute Gasteiger partial charge is 0.130 e. The lowest BCUT2D eigenvalue weighted by atomic mass is 9.74. The summed E-state index contributed by atoms with van der Waals surface area (Å²) in [6.45, 7) is 15.3. The molecule has 0 radical (unpaired) electrons. The first kappa shape index (κ1) is 23.2. The van der Waals surface area contributed by atoms with Crippen LogP contribution < -0.4 is 16.2 Å². The maximum absolute atomic E-state index is 5.92. The molecule has 0 aliphatic heterocycles. The van der Waals surface area contributed by atoms with Gasteiger partial charge >= 0.3 is 0 Å². The van der Waals surface area contributed by atoms with Crippen molar-refractivity contribution in [3.05, 3.63) is 46.5 Å². The minimum Gasteiger partial charge on any atom is -0.383 e. The van der Waals surface area contributed by atoms with E-state index in [-0.39, 0.29) is 5.41 Å². The Labute approximate surface area is 166 Å². The van der Waals surface area contributed by atoms with Crippen molar-refractivity contribution >= 4 is 19.0 Å². The molecule has 0 spiro atoms. The highest BCUT2D eigenvalue weighted by Gasteiger charge is 2.25. The first-order valence-electron chi connectivity index (χ1n) is 10.7. The fourth-order valence-electron chi connectivity index (χ4n) is 3.70. The Hall–Kier alpha value is -1.83. The zero-order valence-corrected chi connectivity index (χ0v) is 17.9. The van der Waals surface area contributed by atoms with Gasteiger partial charge in [-0.1, -0.05) is 103 Å². The highest BCUT2D eigenvalue weighted by Crippen LogP contribution is 2.33. The molecule has 0 bridgehead atoms. The summed E-state index contributed by atoms with van der Waals surface area (Å²) in [6.07, 6.45) is 14.5. The van der Waals surface area contributed by atoms with Crippen molar-refractivity contribution in [1.29, 1.82) is 0 Å². The third-order valence-electron chi connectivity index (χ3n) is 5.54. The highest BCUT2D eigenvalue weighted by molar-refractivity contribution is 5.32. The molecule has 1 aromatic rings. The molecule has 0 saturated heterocycles. The van der Waals surface area contributed by atoms with E-state index in [0.29, 0.717) is 5.82 Å². The van der Waals surface area contributed by atoms with Gasteiger partial charge in [0.1, 0.15) is 5.82 Å². The molecule has 0 fully saturated rings. The molecule has 2 heteroatoms. The van der Waals surface area contributed by atoms with Gasteiger partial charge in [-0.05, 0) is 35.1 Å². The summed E-state index contributed by atoms with van der Waals surface area (Å²) in [5.74, 6) is 0.453. The minimum absolute atomic E-state index is 0.142. The van der Waals surface area contributed by atoms with E-state index >= 15 is 0 Å². The third-order valence-corrected chi connectivity index (χ3v) is 5.54. The summed E-state index contributed by atoms with van der Waals surface area (Å²) in [7, 11) is 0. The molecule has 0 saturated carbocycles. The number of nitrogens with two attached hydrogens (primary N) is 1. The topological polar surface area (TPSA) is 38.9 Å². The average Bonchev–Trinajstić information content (AvgIpc) is 2.65. The lowest BCUT2D eigenvalue weighted by Gasteiger charge is -2.31. The molecule has 1 aromatic heterocycles. The molecule has 0 atom stereocenters. The van der Waals surface area contributed by atoms with Gasteiger partial charge in [0.15, 0.2) is 0 Å². The van der Waals surface area contributed by atoms with Crippen LogP contribution in [0.5, 0.6) is 0 Å². The van der Waals surface area contributed by atoms with E-state index in [1.165, 1.54) is 69.8 Å². The molecule has 0 aliphatic rings. The number of unbranched alkanes of at least 4 members (excludes halogenated alkanes) is 6. The lowest BCUT2D eigenvalue weighted by molar-refractivity contribution is 0.363. The van der Waals surface area contributed by atoms with Crippen LogP contribution in [0.25, 0.3) is 13.2 Å². The van der Waals surface area contributed by atoms with Crippen LogP contribution in [0.2, 0.25) is 0 Å². The zero-order chi connectivity index (χ0) is 20.1. The van der Waals surface area contributed by atoms with Gasteiger partial charge in [0.05, 0.1) is 0 Å². The predicted octanol–water partition coefficient (Wildman–Crippen LogP) is 5.81. The van der Waals surface area contributed by atoms with E-state index < -0.39 is 0 Å². The van der Waals surface area contributed by atoms with Gasteiger partial charge in [0.25, 0.3) is 0 Å². The van der Waals surface area contributed by atoms with Crippen molar-refractivity contribution in [2.24, 2.45) is 0 Å². The maximum Gasteiger partial charge on any atom is 0.130 e. The van der Waals surface area contributed by atoms with Gasteiger partial charge in [0.2, 0.25) is 0 Å². The summed E-state index contributed by atoms with van der Waals surface area (Å²) in [4.78, 5) is 4.28. The molecule has 0 amide bonds. The number of anilines is 1. The Balaban J connectivity index is 3.26. The van der Waals surface area contributed by atoms with Crippen LogP contribution in [0, 0.1) is 0 Å². The van der Waals surface area contributed by atoms with Crippen LogP contribution in [0.15, 0.2) is 30.5 Å². The Bertz CT molecular complexity index is 695. The fourth-order valence-corrected chi connectivity index (χ4v) is 3.70. The van der Waals surface area contributed by atoms with E-state index in [2.05, 4.69) is 51.0 Å². The number of nitrogens with zero attached hydrogens (tertiary/aromatic N) is 1. The van der Waals surface area contributed by atoms with Crippen LogP contribution in [0.4, 0.5) is 5.82 Å². The van der Waals surface area contributed by atoms with Crippen LogP contribution in [-0.4, -0.2) is 4.98 Å². The second-order valence-electron chi connectivity index (χ2n) is 8.00. The summed E-state index contributed by atoms with van der Waals surface area (Å²) in [5.41, 5.74) is 7.39. The van der Waals surface area contributed by atoms with Crippen molar-refractivity contribution in [2.75, 3.05) is 5.73 Å². The number of hydrogen-bond donors (Lipinski definition) is 1. The Morgan fingerprint density at radius 2 is 1.44 bits per heavy atom. The number of aromatic nitrogens is 1. The van der Waals surface area contributed by atoms with Gasteiger partial charge in [-0.2, -0.15) is 0 Å². The molecule has 2 N–H and O–H groups in total. The van der Waals surface area contributed by atoms with E-state index in [0.717, 1.165) is 10.4 Å². The van der Waals surface area contributed by atoms with Crippen molar-refractivity contribution in [2.45, 2.75) is 90.4 Å². The lowest BCUT2D eigenvalue weighted by Crippen LogP contribution is -2.28. The van der Waals surface area contributed by atoms with Gasteiger partial charge in [-0.3, -0.25) is 0 Å². The number of hydrogen-bond acceptors (Lipinski definition) is 2. The predicted molar refractivity (Wildman–Crippen MR) is 121 cm³/mol. The SMILES string of the molecule is C=c1ccnc(N)c(=C)cccc1C(C)(CCCCCC)CCCCCC. The summed E-state index contributed by atoms with van der Waals surface area (Å²) >= 11 is 0. The molecule has 0 unspecified atom stereocenters. The third kappa shape index (κ3) is 8.15. The van der Waals surface area contributed by atoms with Crippen molar-refractivity contribution in [3.8, 4) is 0 Å². The van der Waals surface area contributed by atoms with Crippen molar-refractivity contribution in [3.63, 3.8) is 0 Å². The first-order valence-corrected chi connectivity index (χ1v) is 10.7. The molecular weight excluding hydrogens is 328 g/mol. The van der Waals surface area contributed by atoms with E-state index in [1.807, 2.05) is 12.1 Å². The van der Waals surface area contributed by atoms with Gasteiger partial charge in [-0.25, -0.2) is 4.98 Å². The second kappa shape index (κ2) is 12.5. The maximum atomic E-state index is 5.92. The molecule has 0 aromatic carbocycles. The molecule has 0 aliphatic carbocycles. The second-order valence-corrected chi connectivity index (χ2v) is 8.00. The summed E-state index contributed by atoms with van der Waals surface area (Å²) in [6, 6.07) is 8.21. The zero-order valence-electron chi connectivity index (χ0n) is 17.9. The largest absolute Gasteiger partial charge is 0.383 e. The van der Waals surface area contributed by atoms with E-state index in [4.69, 9.17) is 5.73 Å². The van der Waals surface area contributed by atoms with Crippen molar-refractivity contribution in [1.82, 2.24) is 4.98 Å². The van der Waals surface area contributed by atoms with Gasteiger partial charge in [-0.15, -0.1) is 0 Å². The Kier molecular flexibility index (Phi) is 10.8. The van der Waals surface area contributed by atoms with E-state index in [1.54, 1.807) is 6.20 Å². The van der Waals surface area contributed by atoms with Crippen molar-refractivity contribution < 1.29 is 0 Å². The molecule has 27 heavy (non-hydrogen) atoms. The minimum atomic E-state index is 0.142. The van der Waals surface area contributed by atoms with Gasteiger partial charge in [0, 0.05) is 11.4 Å². The van der Waals surface area contributed by atoms with Crippen LogP contribution in [-0.2, 0) is 5.41 Å². The van der Waals surface area contributed by atoms with Crippen LogP contribution in [0.3, 0.4) is 0 Å². The Morgan fingerprint density at radius 3 is 2.00 bits per heavy atom. The van der Waals surface area contributed by atoms with Crippen LogP contribution in [0.1, 0.15) is 90.5 Å². The molecular formula is C25H40N2. The molecule has 2 nitrogen and oxygen atoms in total. The van der Waals surface area contributed by atoms with Gasteiger partial charge < -0.3 is 5.73 Å². The highest BCUT2D eigenvalue weighted by atomic mass is 14.8. The average molecular weight is 369 g/mol. The monoisotopic (exact) mass is 368 g/mol. The normalized spacial score (nSPS) is 11.2. The molecule has 1 rings (SSSR count). The number of rotatable bonds is 11. The summed E-state index contributed by atoms with van der Waals surface area (Å²) in [5, 5.41) is 1.78. The fraction of sp³-hybridized carbons (Fsp3) is 0.560. The van der Waals surface area contributed by atoms with Crippen LogP contribution >= 0.6 is 0 Å². The Morgan fingerprint density at radius 1 is 0.852 bits per heavy atom. The molecule has 1 heterocycles. The first-order chi connectivity index (χ1) is 12.9. The molecule has 150 valence electrons.